The van der Waals surface area contributed by atoms with Crippen molar-refractivity contribution >= 4 is 32.9 Å². The van der Waals surface area contributed by atoms with E-state index in [1.54, 1.807) is 7.05 Å². The number of ether oxygens (including phenoxy) is 1. The molecule has 0 aliphatic rings. The van der Waals surface area contributed by atoms with Crippen LogP contribution in [0.4, 0.5) is 0 Å². The third-order valence-corrected chi connectivity index (χ3v) is 5.60. The Morgan fingerprint density at radius 3 is 2.50 bits per heavy atom. The van der Waals surface area contributed by atoms with Crippen molar-refractivity contribution in [1.29, 1.82) is 0 Å². The number of nitrogens with zero attached hydrogens (tertiary/aromatic N) is 4. The van der Waals surface area contributed by atoms with Crippen LogP contribution >= 0.6 is 15.9 Å². The number of carbonyl (C=O) groups excluding carboxylic acids is 1. The minimum atomic E-state index is -0.378. The highest BCUT2D eigenvalue weighted by Crippen LogP contribution is 2.24. The number of nitrogens with one attached hydrogen (secondary N) is 1. The normalized spacial score (nSPS) is 12.0. The lowest BCUT2D eigenvalue weighted by Crippen LogP contribution is -2.35. The summed E-state index contributed by atoms with van der Waals surface area (Å²) in [5.41, 5.74) is 1.96. The molecular weight excluding hydrogens is 474 g/mol. The van der Waals surface area contributed by atoms with Crippen LogP contribution < -0.4 is 15.6 Å². The molecule has 9 heteroatoms. The Morgan fingerprint density at radius 1 is 1.12 bits per heavy atom. The molecule has 0 fully saturated rings. The van der Waals surface area contributed by atoms with Gasteiger partial charge in [-0.3, -0.25) is 14.2 Å². The topological polar surface area (TPSA) is 91.0 Å². The third kappa shape index (κ3) is 4.43. The maximum absolute atomic E-state index is 13.0. The van der Waals surface area contributed by atoms with Gasteiger partial charge in [0.2, 0.25) is 5.91 Å². The van der Waals surface area contributed by atoms with Crippen molar-refractivity contribution in [2.75, 3.05) is 6.61 Å². The first-order chi connectivity index (χ1) is 15.5. The zero-order valence-electron chi connectivity index (χ0n) is 17.7. The van der Waals surface area contributed by atoms with Crippen LogP contribution in [0.5, 0.6) is 5.75 Å². The molecule has 1 amide bonds. The fourth-order valence-corrected chi connectivity index (χ4v) is 4.12. The summed E-state index contributed by atoms with van der Waals surface area (Å²) in [6.45, 7) is 2.35. The SMILES string of the molecule is CCOc1ccc(C(NC(=O)Cn2cnc3c(c(Br)nn3C)c2=O)c2ccccc2)cc1. The van der Waals surface area contributed by atoms with Crippen LogP contribution in [0.3, 0.4) is 0 Å². The number of fused-ring (bicyclic) bond motifs is 1. The van der Waals surface area contributed by atoms with Gasteiger partial charge in [0.25, 0.3) is 5.56 Å². The Hall–Kier alpha value is -3.46. The molecule has 4 aromatic rings. The molecule has 2 aromatic carbocycles. The second kappa shape index (κ2) is 9.35. The van der Waals surface area contributed by atoms with E-state index in [0.29, 0.717) is 22.2 Å². The van der Waals surface area contributed by atoms with E-state index < -0.39 is 0 Å². The average Bonchev–Trinajstić information content (AvgIpc) is 3.09. The lowest BCUT2D eigenvalue weighted by Gasteiger charge is -2.20. The quantitative estimate of drug-likeness (QED) is 0.425. The fourth-order valence-electron chi connectivity index (χ4n) is 3.54. The van der Waals surface area contributed by atoms with Crippen molar-refractivity contribution in [2.24, 2.45) is 7.05 Å². The van der Waals surface area contributed by atoms with Crippen molar-refractivity contribution in [2.45, 2.75) is 19.5 Å². The first-order valence-corrected chi connectivity index (χ1v) is 10.9. The molecule has 0 radical (unpaired) electrons. The monoisotopic (exact) mass is 495 g/mol. The minimum Gasteiger partial charge on any atom is -0.494 e. The van der Waals surface area contributed by atoms with E-state index in [1.807, 2.05) is 61.5 Å². The number of benzene rings is 2. The van der Waals surface area contributed by atoms with Gasteiger partial charge in [-0.25, -0.2) is 9.67 Å². The highest BCUT2D eigenvalue weighted by molar-refractivity contribution is 9.10. The van der Waals surface area contributed by atoms with Gasteiger partial charge >= 0.3 is 0 Å². The molecule has 2 heterocycles. The number of rotatable bonds is 7. The second-order valence-electron chi connectivity index (χ2n) is 7.20. The molecule has 0 bridgehead atoms. The van der Waals surface area contributed by atoms with Crippen LogP contribution in [0, 0.1) is 0 Å². The molecular formula is C23H22BrN5O3. The zero-order valence-corrected chi connectivity index (χ0v) is 19.2. The second-order valence-corrected chi connectivity index (χ2v) is 7.96. The predicted molar refractivity (Wildman–Crippen MR) is 125 cm³/mol. The largest absolute Gasteiger partial charge is 0.494 e. The first kappa shape index (κ1) is 21.8. The van der Waals surface area contributed by atoms with E-state index in [1.165, 1.54) is 15.6 Å². The van der Waals surface area contributed by atoms with E-state index in [4.69, 9.17) is 4.74 Å². The summed E-state index contributed by atoms with van der Waals surface area (Å²) >= 11 is 3.29. The van der Waals surface area contributed by atoms with Crippen LogP contribution in [-0.4, -0.2) is 31.8 Å². The van der Waals surface area contributed by atoms with Crippen LogP contribution in [0.1, 0.15) is 24.1 Å². The van der Waals surface area contributed by atoms with Gasteiger partial charge in [0.1, 0.15) is 28.6 Å². The van der Waals surface area contributed by atoms with E-state index in [0.717, 1.165) is 16.9 Å². The molecule has 1 N–H and O–H groups in total. The molecule has 0 spiro atoms. The number of hydrogen-bond donors (Lipinski definition) is 1. The molecule has 4 rings (SSSR count). The maximum Gasteiger partial charge on any atom is 0.266 e. The van der Waals surface area contributed by atoms with E-state index in [-0.39, 0.29) is 24.1 Å². The van der Waals surface area contributed by atoms with Crippen LogP contribution in [0.25, 0.3) is 11.0 Å². The molecule has 0 aliphatic heterocycles. The predicted octanol–water partition coefficient (Wildman–Crippen LogP) is 3.20. The molecule has 0 saturated heterocycles. The van der Waals surface area contributed by atoms with Gasteiger partial charge in [-0.1, -0.05) is 42.5 Å². The lowest BCUT2D eigenvalue weighted by atomic mass is 9.98. The average molecular weight is 496 g/mol. The number of halogens is 1. The first-order valence-electron chi connectivity index (χ1n) is 10.1. The summed E-state index contributed by atoms with van der Waals surface area (Å²) in [4.78, 5) is 30.1. The number of hydrogen-bond acceptors (Lipinski definition) is 5. The third-order valence-electron chi connectivity index (χ3n) is 5.04. The van der Waals surface area contributed by atoms with E-state index in [9.17, 15) is 9.59 Å². The summed E-state index contributed by atoms with van der Waals surface area (Å²) in [5.74, 6) is 0.457. The maximum atomic E-state index is 13.0. The van der Waals surface area contributed by atoms with Gasteiger partial charge in [0, 0.05) is 7.05 Å². The Balaban J connectivity index is 1.61. The zero-order chi connectivity index (χ0) is 22.7. The summed E-state index contributed by atoms with van der Waals surface area (Å²) in [6.07, 6.45) is 1.37. The Labute approximate surface area is 193 Å². The van der Waals surface area contributed by atoms with E-state index in [2.05, 4.69) is 31.3 Å². The van der Waals surface area contributed by atoms with Crippen LogP contribution in [0.15, 0.2) is 70.3 Å². The van der Waals surface area contributed by atoms with Crippen molar-refractivity contribution < 1.29 is 9.53 Å². The summed E-state index contributed by atoms with van der Waals surface area (Å²) in [7, 11) is 1.71. The summed E-state index contributed by atoms with van der Waals surface area (Å²) in [5, 5.41) is 7.55. The number of aryl methyl sites for hydroxylation is 1. The van der Waals surface area contributed by atoms with Crippen LogP contribution in [0.2, 0.25) is 0 Å². The Kier molecular flexibility index (Phi) is 6.36. The van der Waals surface area contributed by atoms with Crippen molar-refractivity contribution in [3.63, 3.8) is 0 Å². The van der Waals surface area contributed by atoms with Gasteiger partial charge in [0.05, 0.1) is 12.6 Å². The molecule has 1 unspecified atom stereocenters. The number of amides is 1. The van der Waals surface area contributed by atoms with Crippen LogP contribution in [-0.2, 0) is 18.4 Å². The fraction of sp³-hybridized carbons (Fsp3) is 0.217. The highest BCUT2D eigenvalue weighted by atomic mass is 79.9. The molecule has 8 nitrogen and oxygen atoms in total. The van der Waals surface area contributed by atoms with E-state index >= 15 is 0 Å². The highest BCUT2D eigenvalue weighted by Gasteiger charge is 2.19. The summed E-state index contributed by atoms with van der Waals surface area (Å²) in [6, 6.07) is 16.9. The number of aromatic nitrogens is 4. The van der Waals surface area contributed by atoms with Crippen molar-refractivity contribution in [3.05, 3.63) is 87.0 Å². The standard InChI is InChI=1S/C23H22BrN5O3/c1-3-32-17-11-9-16(10-12-17)20(15-7-5-4-6-8-15)26-18(30)13-29-14-25-22-19(23(29)31)21(24)27-28(22)2/h4-12,14,20H,3,13H2,1-2H3,(H,26,30). The van der Waals surface area contributed by atoms with Gasteiger partial charge in [-0.2, -0.15) is 5.10 Å². The summed E-state index contributed by atoms with van der Waals surface area (Å²) < 4.78 is 8.72. The lowest BCUT2D eigenvalue weighted by molar-refractivity contribution is -0.122. The molecule has 2 aromatic heterocycles. The molecule has 0 aliphatic carbocycles. The van der Waals surface area contributed by atoms with Gasteiger partial charge in [0.15, 0.2) is 5.65 Å². The molecule has 32 heavy (non-hydrogen) atoms. The van der Waals surface area contributed by atoms with Crippen molar-refractivity contribution in [3.8, 4) is 5.75 Å². The number of carbonyl (C=O) groups is 1. The van der Waals surface area contributed by atoms with Crippen molar-refractivity contribution in [1.82, 2.24) is 24.6 Å². The minimum absolute atomic E-state index is 0.163. The molecule has 1 atom stereocenters. The Morgan fingerprint density at radius 2 is 1.81 bits per heavy atom. The molecule has 0 saturated carbocycles. The van der Waals surface area contributed by atoms with Gasteiger partial charge in [-0.05, 0) is 46.1 Å². The Bertz CT molecular complexity index is 1300. The smallest absolute Gasteiger partial charge is 0.266 e. The van der Waals surface area contributed by atoms with Gasteiger partial charge < -0.3 is 10.1 Å². The molecule has 164 valence electrons. The van der Waals surface area contributed by atoms with Gasteiger partial charge in [-0.15, -0.1) is 0 Å².